The molecule has 0 radical (unpaired) electrons. The smallest absolute Gasteiger partial charge is 0.410 e. The number of carbonyl (C=O) groups excluding carboxylic acids is 1. The van der Waals surface area contributed by atoms with Crippen LogP contribution in [0.4, 0.5) is 10.7 Å². The van der Waals surface area contributed by atoms with E-state index < -0.39 is 13.7 Å². The summed E-state index contributed by atoms with van der Waals surface area (Å²) in [6.07, 6.45) is 6.65. The van der Waals surface area contributed by atoms with E-state index in [1.165, 1.54) is 0 Å². The van der Waals surface area contributed by atoms with Gasteiger partial charge in [-0.05, 0) is 70.7 Å². The zero-order valence-corrected chi connectivity index (χ0v) is 27.3. The highest BCUT2D eigenvalue weighted by molar-refractivity contribution is 9.10. The number of anilines is 1. The largest absolute Gasteiger partial charge is 0.444 e. The summed E-state index contributed by atoms with van der Waals surface area (Å²) in [4.78, 5) is 24.5. The molecule has 4 heterocycles. The first kappa shape index (κ1) is 29.1. The first-order valence-corrected chi connectivity index (χ1v) is 18.8. The lowest BCUT2D eigenvalue weighted by Gasteiger charge is -2.28. The molecule has 1 N–H and O–H groups in total. The Morgan fingerprint density at radius 3 is 2.73 bits per heavy atom. The highest BCUT2D eigenvalue weighted by Gasteiger charge is 2.50. The Morgan fingerprint density at radius 2 is 2.00 bits per heavy atom. The van der Waals surface area contributed by atoms with Gasteiger partial charge < -0.3 is 24.3 Å². The number of nitrogens with one attached hydrogen (secondary N) is 1. The fourth-order valence-electron chi connectivity index (χ4n) is 5.79. The molecule has 0 spiro atoms. The lowest BCUT2D eigenvalue weighted by atomic mass is 9.96. The van der Waals surface area contributed by atoms with Gasteiger partial charge in [0.25, 0.3) is 0 Å². The van der Waals surface area contributed by atoms with E-state index >= 15 is 0 Å². The molecule has 2 aliphatic heterocycles. The molecule has 2 bridgehead atoms. The molecule has 0 aliphatic carbocycles. The van der Waals surface area contributed by atoms with Gasteiger partial charge in [0.15, 0.2) is 0 Å². The van der Waals surface area contributed by atoms with Crippen LogP contribution in [0.1, 0.15) is 45.6 Å². The van der Waals surface area contributed by atoms with Gasteiger partial charge in [-0.15, -0.1) is 0 Å². The Morgan fingerprint density at radius 1 is 1.23 bits per heavy atom. The third-order valence-electron chi connectivity index (χ3n) is 7.75. The molecule has 1 aromatic carbocycles. The van der Waals surface area contributed by atoms with Crippen LogP contribution in [-0.4, -0.2) is 63.9 Å². The second-order valence-corrected chi connectivity index (χ2v) is 20.0. The second kappa shape index (κ2) is 11.1. The fourth-order valence-corrected chi connectivity index (χ4v) is 6.90. The highest BCUT2D eigenvalue weighted by atomic mass is 79.9. The molecule has 1 unspecified atom stereocenters. The Kier molecular flexibility index (Phi) is 8.06. The fraction of sp³-hybridized carbons (Fsp3) is 0.567. The number of hydrogen-bond acceptors (Lipinski definition) is 6. The Hall–Kier alpha value is -2.43. The molecule has 40 heavy (non-hydrogen) atoms. The summed E-state index contributed by atoms with van der Waals surface area (Å²) in [6, 6.07) is 7.85. The Balaban J connectivity index is 1.38. The number of halogens is 1. The van der Waals surface area contributed by atoms with Crippen molar-refractivity contribution in [3.05, 3.63) is 40.6 Å². The maximum Gasteiger partial charge on any atom is 0.410 e. The molecule has 216 valence electrons. The number of hydrogen-bond donors (Lipinski definition) is 1. The van der Waals surface area contributed by atoms with Gasteiger partial charge in [-0.25, -0.2) is 14.8 Å². The van der Waals surface area contributed by atoms with E-state index in [0.717, 1.165) is 64.1 Å². The molecule has 10 heteroatoms. The minimum absolute atomic E-state index is 0.0841. The molecule has 0 saturated carbocycles. The summed E-state index contributed by atoms with van der Waals surface area (Å²) in [5.74, 6) is 0.590. The van der Waals surface area contributed by atoms with Crippen LogP contribution in [0.3, 0.4) is 0 Å². The van der Waals surface area contributed by atoms with Crippen LogP contribution in [0, 0.1) is 6.92 Å². The minimum Gasteiger partial charge on any atom is -0.444 e. The van der Waals surface area contributed by atoms with E-state index in [9.17, 15) is 4.79 Å². The van der Waals surface area contributed by atoms with E-state index in [1.807, 2.05) is 38.8 Å². The first-order valence-electron chi connectivity index (χ1n) is 14.3. The number of nitrogens with zero attached hydrogens (tertiary/aromatic N) is 4. The summed E-state index contributed by atoms with van der Waals surface area (Å²) in [5, 5.41) is 4.70. The van der Waals surface area contributed by atoms with Crippen LogP contribution in [0.15, 0.2) is 35.1 Å². The van der Waals surface area contributed by atoms with Crippen LogP contribution in [0.5, 0.6) is 0 Å². The summed E-state index contributed by atoms with van der Waals surface area (Å²) < 4.78 is 15.0. The van der Waals surface area contributed by atoms with E-state index in [-0.39, 0.29) is 24.2 Å². The molecule has 2 aliphatic rings. The van der Waals surface area contributed by atoms with Crippen molar-refractivity contribution in [3.63, 3.8) is 0 Å². The zero-order valence-electron chi connectivity index (χ0n) is 24.8. The molecule has 2 fully saturated rings. The maximum absolute atomic E-state index is 12.9. The average Bonchev–Trinajstić information content (AvgIpc) is 3.52. The minimum atomic E-state index is -1.16. The van der Waals surface area contributed by atoms with Gasteiger partial charge in [-0.1, -0.05) is 41.6 Å². The predicted octanol–water partition coefficient (Wildman–Crippen LogP) is 7.43. The normalized spacial score (nSPS) is 20.9. The van der Waals surface area contributed by atoms with E-state index in [4.69, 9.17) is 14.5 Å². The van der Waals surface area contributed by atoms with Crippen molar-refractivity contribution in [1.82, 2.24) is 19.4 Å². The number of benzene rings is 1. The third-order valence-corrected chi connectivity index (χ3v) is 9.95. The van der Waals surface area contributed by atoms with Crippen molar-refractivity contribution in [1.29, 1.82) is 0 Å². The van der Waals surface area contributed by atoms with Crippen molar-refractivity contribution < 1.29 is 14.3 Å². The Labute approximate surface area is 247 Å². The van der Waals surface area contributed by atoms with E-state index in [0.29, 0.717) is 12.7 Å². The number of amides is 1. The molecule has 3 aromatic rings. The van der Waals surface area contributed by atoms with Crippen molar-refractivity contribution in [2.24, 2.45) is 0 Å². The molecule has 2 saturated heterocycles. The van der Waals surface area contributed by atoms with Gasteiger partial charge in [-0.2, -0.15) is 0 Å². The van der Waals surface area contributed by atoms with Crippen LogP contribution >= 0.6 is 15.9 Å². The second-order valence-electron chi connectivity index (χ2n) is 13.4. The van der Waals surface area contributed by atoms with Gasteiger partial charge in [0.2, 0.25) is 5.95 Å². The van der Waals surface area contributed by atoms with Gasteiger partial charge in [0, 0.05) is 48.5 Å². The van der Waals surface area contributed by atoms with Crippen molar-refractivity contribution in [2.75, 3.05) is 11.9 Å². The topological polar surface area (TPSA) is 81.5 Å². The Bertz CT molecular complexity index is 1400. The van der Waals surface area contributed by atoms with Crippen molar-refractivity contribution in [3.8, 4) is 11.3 Å². The number of fused-ring (bicyclic) bond motifs is 3. The number of carbonyl (C=O) groups is 1. The molecule has 2 aromatic heterocycles. The SMILES string of the molecule is Cc1cnc(NC2C[C@@H]3CC[C@H]2N3C(=O)OC(C)(C)C)nc1-c1cn(COCC[Si](C)(C)C)c2cc(Br)ccc12. The monoisotopic (exact) mass is 627 g/mol. The maximum atomic E-state index is 12.9. The molecule has 3 atom stereocenters. The number of rotatable bonds is 8. The van der Waals surface area contributed by atoms with Crippen LogP contribution < -0.4 is 5.32 Å². The standard InChI is InChI=1S/C30H42BrN5O3Si/c1-19-16-32-28(33-24-15-21-9-11-25(24)36(21)29(37)39-30(2,3)4)34-27(19)23-17-35(18-38-12-13-40(5,6)7)26-14-20(31)8-10-22(23)26/h8,10,14,16-17,21,24-25H,9,11-13,15,18H2,1-7H3,(H,32,33,34)/t21-,24?,25+/m0/s1. The lowest BCUT2D eigenvalue weighted by Crippen LogP contribution is -2.42. The molecule has 5 rings (SSSR count). The van der Waals surface area contributed by atoms with Crippen LogP contribution in [0.25, 0.3) is 22.2 Å². The summed E-state index contributed by atoms with van der Waals surface area (Å²) in [7, 11) is -1.16. The molecular formula is C30H42BrN5O3Si. The highest BCUT2D eigenvalue weighted by Crippen LogP contribution is 2.40. The van der Waals surface area contributed by atoms with Crippen molar-refractivity contribution in [2.45, 2.75) is 103 Å². The lowest BCUT2D eigenvalue weighted by molar-refractivity contribution is 0.0214. The van der Waals surface area contributed by atoms with Gasteiger partial charge in [0.1, 0.15) is 12.3 Å². The summed E-state index contributed by atoms with van der Waals surface area (Å²) >= 11 is 3.64. The summed E-state index contributed by atoms with van der Waals surface area (Å²) in [5.41, 5.74) is 3.56. The number of aryl methyl sites for hydroxylation is 1. The van der Waals surface area contributed by atoms with Gasteiger partial charge in [-0.3, -0.25) is 0 Å². The molecular weight excluding hydrogens is 586 g/mol. The number of aromatic nitrogens is 3. The number of ether oxygens (including phenoxy) is 2. The predicted molar refractivity (Wildman–Crippen MR) is 166 cm³/mol. The average molecular weight is 629 g/mol. The third kappa shape index (κ3) is 6.39. The van der Waals surface area contributed by atoms with E-state index in [2.05, 4.69) is 74.8 Å². The first-order chi connectivity index (χ1) is 18.8. The van der Waals surface area contributed by atoms with Crippen LogP contribution in [-0.2, 0) is 16.2 Å². The molecule has 8 nitrogen and oxygen atoms in total. The quantitative estimate of drug-likeness (QED) is 0.206. The van der Waals surface area contributed by atoms with Crippen molar-refractivity contribution >= 4 is 46.9 Å². The van der Waals surface area contributed by atoms with Gasteiger partial charge >= 0.3 is 6.09 Å². The van der Waals surface area contributed by atoms with Gasteiger partial charge in [0.05, 0.1) is 23.3 Å². The zero-order chi connectivity index (χ0) is 28.8. The molecule has 1 amide bonds. The van der Waals surface area contributed by atoms with E-state index in [1.54, 1.807) is 0 Å². The van der Waals surface area contributed by atoms with Crippen LogP contribution in [0.2, 0.25) is 25.7 Å². The summed E-state index contributed by atoms with van der Waals surface area (Å²) in [6.45, 7) is 16.2.